The van der Waals surface area contributed by atoms with Crippen LogP contribution in [0.25, 0.3) is 0 Å². The molecule has 0 radical (unpaired) electrons. The predicted molar refractivity (Wildman–Crippen MR) is 155 cm³/mol. The van der Waals surface area contributed by atoms with Gasteiger partial charge in [-0.1, -0.05) is 69.5 Å². The Hall–Kier alpha value is -3.80. The molecule has 0 fully saturated rings. The van der Waals surface area contributed by atoms with Gasteiger partial charge in [-0.15, -0.1) is 0 Å². The number of ether oxygens (including phenoxy) is 2. The van der Waals surface area contributed by atoms with E-state index in [1.54, 1.807) is 12.1 Å². The van der Waals surface area contributed by atoms with Crippen molar-refractivity contribution in [3.05, 3.63) is 95.1 Å². The Bertz CT molecular complexity index is 1140. The summed E-state index contributed by atoms with van der Waals surface area (Å²) >= 11 is 0. The number of benzene rings is 3. The third-order valence-electron chi connectivity index (χ3n) is 6.59. The number of carbonyl (C=O) groups excluding carboxylic acids is 1. The first kappa shape index (κ1) is 29.8. The van der Waals surface area contributed by atoms with Crippen molar-refractivity contribution in [2.75, 3.05) is 13.2 Å². The van der Waals surface area contributed by atoms with E-state index in [1.807, 2.05) is 36.4 Å². The molecule has 0 heterocycles. The zero-order valence-electron chi connectivity index (χ0n) is 23.2. The number of aliphatic carboxylic acids is 1. The van der Waals surface area contributed by atoms with Crippen molar-refractivity contribution in [1.29, 1.82) is 0 Å². The molecule has 3 rings (SSSR count). The molecule has 0 aliphatic rings. The fourth-order valence-corrected chi connectivity index (χ4v) is 4.16. The highest BCUT2D eigenvalue weighted by atomic mass is 16.5. The molecular formula is C33H41NO5. The summed E-state index contributed by atoms with van der Waals surface area (Å²) in [6.07, 6.45) is 6.49. The van der Waals surface area contributed by atoms with Gasteiger partial charge in [0.15, 0.2) is 0 Å². The smallest absolute Gasteiger partial charge is 0.305 e. The Labute approximate surface area is 232 Å². The monoisotopic (exact) mass is 531 g/mol. The first-order valence-electron chi connectivity index (χ1n) is 13.9. The van der Waals surface area contributed by atoms with Gasteiger partial charge >= 0.3 is 5.97 Å². The maximum Gasteiger partial charge on any atom is 0.305 e. The van der Waals surface area contributed by atoms with E-state index >= 15 is 0 Å². The lowest BCUT2D eigenvalue weighted by atomic mass is 10.0. The minimum atomic E-state index is -0.922. The van der Waals surface area contributed by atoms with E-state index in [-0.39, 0.29) is 18.9 Å². The van der Waals surface area contributed by atoms with Crippen molar-refractivity contribution in [3.63, 3.8) is 0 Å². The maximum atomic E-state index is 12.0. The lowest BCUT2D eigenvalue weighted by Crippen LogP contribution is -2.25. The van der Waals surface area contributed by atoms with Gasteiger partial charge in [-0.2, -0.15) is 0 Å². The molecule has 0 saturated carbocycles. The molecule has 2 N–H and O–H groups in total. The van der Waals surface area contributed by atoms with Crippen LogP contribution in [0.3, 0.4) is 0 Å². The molecule has 0 atom stereocenters. The first-order valence-corrected chi connectivity index (χ1v) is 13.9. The number of carbonyl (C=O) groups is 2. The molecule has 6 nitrogen and oxygen atoms in total. The van der Waals surface area contributed by atoms with E-state index in [4.69, 9.17) is 14.6 Å². The van der Waals surface area contributed by atoms with E-state index in [9.17, 15) is 9.59 Å². The van der Waals surface area contributed by atoms with Crippen LogP contribution in [0.5, 0.6) is 11.5 Å². The molecule has 208 valence electrons. The number of amides is 1. The summed E-state index contributed by atoms with van der Waals surface area (Å²) < 4.78 is 11.8. The summed E-state index contributed by atoms with van der Waals surface area (Å²) in [6.45, 7) is 5.79. The number of hydrogen-bond donors (Lipinski definition) is 2. The topological polar surface area (TPSA) is 84.9 Å². The van der Waals surface area contributed by atoms with E-state index in [0.29, 0.717) is 24.7 Å². The minimum Gasteiger partial charge on any atom is -0.494 e. The van der Waals surface area contributed by atoms with Crippen molar-refractivity contribution in [2.24, 2.45) is 0 Å². The van der Waals surface area contributed by atoms with Crippen LogP contribution in [-0.4, -0.2) is 30.1 Å². The zero-order chi connectivity index (χ0) is 27.9. The van der Waals surface area contributed by atoms with E-state index in [1.165, 1.54) is 17.5 Å². The van der Waals surface area contributed by atoms with Crippen LogP contribution in [0.4, 0.5) is 0 Å². The second kappa shape index (κ2) is 16.2. The molecule has 0 aromatic heterocycles. The summed E-state index contributed by atoms with van der Waals surface area (Å²) in [7, 11) is 0. The summed E-state index contributed by atoms with van der Waals surface area (Å²) in [4.78, 5) is 22.5. The normalized spacial score (nSPS) is 10.8. The number of carboxylic acids is 1. The van der Waals surface area contributed by atoms with Crippen LogP contribution >= 0.6 is 0 Å². The van der Waals surface area contributed by atoms with Crippen LogP contribution in [0, 0.1) is 0 Å². The van der Waals surface area contributed by atoms with Crippen molar-refractivity contribution in [2.45, 2.75) is 71.3 Å². The minimum absolute atomic E-state index is 0.0759. The van der Waals surface area contributed by atoms with Gasteiger partial charge < -0.3 is 19.9 Å². The van der Waals surface area contributed by atoms with Gasteiger partial charge in [0, 0.05) is 12.1 Å². The summed E-state index contributed by atoms with van der Waals surface area (Å²) in [6, 6.07) is 24.0. The molecule has 1 amide bonds. The Balaban J connectivity index is 1.22. The largest absolute Gasteiger partial charge is 0.494 e. The van der Waals surface area contributed by atoms with Crippen LogP contribution in [0.1, 0.15) is 85.3 Å². The lowest BCUT2D eigenvalue weighted by molar-refractivity contribution is -0.136. The maximum absolute atomic E-state index is 12.0. The third-order valence-corrected chi connectivity index (χ3v) is 6.59. The van der Waals surface area contributed by atoms with Gasteiger partial charge in [0.1, 0.15) is 18.1 Å². The van der Waals surface area contributed by atoms with Gasteiger partial charge in [0.2, 0.25) is 0 Å². The Kier molecular flexibility index (Phi) is 12.4. The summed E-state index contributed by atoms with van der Waals surface area (Å²) in [5, 5.41) is 11.3. The van der Waals surface area contributed by atoms with Crippen LogP contribution in [-0.2, 0) is 17.8 Å². The Morgan fingerprint density at radius 3 is 1.97 bits per heavy atom. The molecule has 0 unspecified atom stereocenters. The molecule has 0 bridgehead atoms. The first-order chi connectivity index (χ1) is 18.9. The zero-order valence-corrected chi connectivity index (χ0v) is 23.2. The van der Waals surface area contributed by atoms with Crippen LogP contribution in [0.15, 0.2) is 72.8 Å². The van der Waals surface area contributed by atoms with E-state index in [0.717, 1.165) is 49.2 Å². The average molecular weight is 532 g/mol. The molecule has 0 aliphatic carbocycles. The molecular weight excluding hydrogens is 490 g/mol. The standard InChI is InChI=1S/C33H41NO5/c1-25(2)28-13-11-27(12-14-28)24-39-31-19-17-30(18-20-31)38-23-7-5-3-4-6-8-26-9-15-29(16-10-26)33(37)34-22-21-32(35)36/h9-20,25H,3-8,21-24H2,1-2H3,(H,34,37)(H,35,36). The summed E-state index contributed by atoms with van der Waals surface area (Å²) in [5.41, 5.74) is 4.26. The number of hydrogen-bond acceptors (Lipinski definition) is 4. The highest BCUT2D eigenvalue weighted by Gasteiger charge is 2.06. The second-order valence-electron chi connectivity index (χ2n) is 10.1. The summed E-state index contributed by atoms with van der Waals surface area (Å²) in [5.74, 6) is 1.07. The number of unbranched alkanes of at least 4 members (excludes halogenated alkanes) is 4. The third kappa shape index (κ3) is 11.2. The molecule has 0 spiro atoms. The van der Waals surface area contributed by atoms with Crippen LogP contribution in [0.2, 0.25) is 0 Å². The number of nitrogens with one attached hydrogen (secondary N) is 1. The quantitative estimate of drug-likeness (QED) is 0.180. The van der Waals surface area contributed by atoms with Crippen LogP contribution < -0.4 is 14.8 Å². The highest BCUT2D eigenvalue weighted by Crippen LogP contribution is 2.20. The molecule has 39 heavy (non-hydrogen) atoms. The van der Waals surface area contributed by atoms with E-state index < -0.39 is 5.97 Å². The van der Waals surface area contributed by atoms with Gasteiger partial charge in [-0.3, -0.25) is 9.59 Å². The molecule has 6 heteroatoms. The predicted octanol–water partition coefficient (Wildman–Crippen LogP) is 7.17. The molecule has 0 aliphatic heterocycles. The highest BCUT2D eigenvalue weighted by molar-refractivity contribution is 5.94. The van der Waals surface area contributed by atoms with E-state index in [2.05, 4.69) is 43.4 Å². The van der Waals surface area contributed by atoms with Crippen molar-refractivity contribution in [3.8, 4) is 11.5 Å². The molecule has 3 aromatic carbocycles. The average Bonchev–Trinajstić information content (AvgIpc) is 2.94. The number of rotatable bonds is 17. The van der Waals surface area contributed by atoms with Gasteiger partial charge in [-0.05, 0) is 78.3 Å². The number of aryl methyl sites for hydroxylation is 1. The fourth-order valence-electron chi connectivity index (χ4n) is 4.16. The van der Waals surface area contributed by atoms with Crippen molar-refractivity contribution in [1.82, 2.24) is 5.32 Å². The molecule has 0 saturated heterocycles. The van der Waals surface area contributed by atoms with Gasteiger partial charge in [0.05, 0.1) is 13.0 Å². The van der Waals surface area contributed by atoms with Gasteiger partial charge in [0.25, 0.3) is 5.91 Å². The fraction of sp³-hybridized carbons (Fsp3) is 0.394. The Morgan fingerprint density at radius 1 is 0.744 bits per heavy atom. The van der Waals surface area contributed by atoms with Crippen molar-refractivity contribution >= 4 is 11.9 Å². The van der Waals surface area contributed by atoms with Crippen molar-refractivity contribution < 1.29 is 24.2 Å². The lowest BCUT2D eigenvalue weighted by Gasteiger charge is -2.10. The Morgan fingerprint density at radius 2 is 1.33 bits per heavy atom. The second-order valence-corrected chi connectivity index (χ2v) is 10.1. The molecule has 3 aromatic rings. The number of carboxylic acid groups (broad SMARTS) is 1. The SMILES string of the molecule is CC(C)c1ccc(COc2ccc(OCCCCCCCc3ccc(C(=O)NCCC(=O)O)cc3)cc2)cc1. The van der Waals surface area contributed by atoms with Gasteiger partial charge in [-0.25, -0.2) is 0 Å².